The first-order valence-electron chi connectivity index (χ1n) is 2.69. The Kier molecular flexibility index (Phi) is 1.55. The molecule has 0 saturated heterocycles. The number of halogens is 1. The Morgan fingerprint density at radius 3 is 2.29 bits per heavy atom. The van der Waals surface area contributed by atoms with Crippen LogP contribution in [0.25, 0.3) is 0 Å². The van der Waals surface area contributed by atoms with Crippen LogP contribution in [0.2, 0.25) is 0 Å². The van der Waals surface area contributed by atoms with Crippen molar-refractivity contribution in [1.29, 1.82) is 0 Å². The lowest BCUT2D eigenvalue weighted by molar-refractivity contribution is 0.273. The first-order chi connectivity index (χ1) is 3.33. The van der Waals surface area contributed by atoms with Crippen molar-refractivity contribution in [2.45, 2.75) is 25.8 Å². The molecule has 0 amide bonds. The predicted octanol–water partition coefficient (Wildman–Crippen LogP) is 1.53. The van der Waals surface area contributed by atoms with E-state index in [-0.39, 0.29) is 0 Å². The lowest BCUT2D eigenvalue weighted by atomic mass is 9.83. The zero-order valence-corrected chi connectivity index (χ0v) is 5.20. The second-order valence-corrected chi connectivity index (χ2v) is 2.60. The van der Waals surface area contributed by atoms with Gasteiger partial charge in [-0.15, -0.1) is 0 Å². The molecule has 0 aromatic carbocycles. The summed E-state index contributed by atoms with van der Waals surface area (Å²) in [6.45, 7) is 2.24. The van der Waals surface area contributed by atoms with Crippen molar-refractivity contribution < 1.29 is 0 Å². The molecule has 0 spiro atoms. The summed E-state index contributed by atoms with van der Waals surface area (Å²) in [7, 11) is 0. The van der Waals surface area contributed by atoms with Crippen molar-refractivity contribution in [3.05, 3.63) is 0 Å². The Labute approximate surface area is 49.2 Å². The van der Waals surface area contributed by atoms with Crippen LogP contribution in [-0.2, 0) is 0 Å². The molecule has 1 fully saturated rings. The van der Waals surface area contributed by atoms with E-state index in [0.29, 0.717) is 6.04 Å². The molecule has 1 saturated carbocycles. The van der Waals surface area contributed by atoms with Crippen molar-refractivity contribution >= 4 is 11.8 Å². The van der Waals surface area contributed by atoms with Crippen LogP contribution in [0.15, 0.2) is 0 Å². The van der Waals surface area contributed by atoms with Crippen molar-refractivity contribution in [2.75, 3.05) is 0 Å². The summed E-state index contributed by atoms with van der Waals surface area (Å²) < 4.78 is 0. The highest BCUT2D eigenvalue weighted by Crippen LogP contribution is 2.26. The lowest BCUT2D eigenvalue weighted by Crippen LogP contribution is -2.34. The van der Waals surface area contributed by atoms with E-state index in [1.165, 1.54) is 12.8 Å². The van der Waals surface area contributed by atoms with Gasteiger partial charge in [0.2, 0.25) is 0 Å². The standard InChI is InChI=1S/C5H10ClN/c1-4-2-5(3-4)7-6/h4-5,7H,2-3H2,1H3. The molecule has 0 unspecified atom stereocenters. The SMILES string of the molecule is CC1CC(NCl)C1. The summed E-state index contributed by atoms with van der Waals surface area (Å²) in [6, 6.07) is 0.608. The molecule has 42 valence electrons. The van der Waals surface area contributed by atoms with Gasteiger partial charge in [-0.1, -0.05) is 6.92 Å². The smallest absolute Gasteiger partial charge is 0.0226 e. The molecule has 0 heterocycles. The Morgan fingerprint density at radius 2 is 2.14 bits per heavy atom. The minimum absolute atomic E-state index is 0.608. The second-order valence-electron chi connectivity index (χ2n) is 2.38. The summed E-state index contributed by atoms with van der Waals surface area (Å²) in [4.78, 5) is 2.70. The lowest BCUT2D eigenvalue weighted by Gasteiger charge is -2.30. The second kappa shape index (κ2) is 2.01. The van der Waals surface area contributed by atoms with E-state index in [9.17, 15) is 0 Å². The molecule has 0 aromatic heterocycles. The fourth-order valence-corrected chi connectivity index (χ4v) is 1.17. The Balaban J connectivity index is 2.06. The minimum atomic E-state index is 0.608. The normalized spacial score (nSPS) is 40.3. The highest BCUT2D eigenvalue weighted by molar-refractivity contribution is 6.13. The molecule has 1 aliphatic carbocycles. The molecular formula is C5H10ClN. The summed E-state index contributed by atoms with van der Waals surface area (Å²) in [6.07, 6.45) is 2.51. The summed E-state index contributed by atoms with van der Waals surface area (Å²) in [5, 5.41) is 0. The van der Waals surface area contributed by atoms with Gasteiger partial charge in [0.05, 0.1) is 0 Å². The average molecular weight is 120 g/mol. The van der Waals surface area contributed by atoms with Gasteiger partial charge in [-0.2, -0.15) is 0 Å². The zero-order chi connectivity index (χ0) is 5.28. The van der Waals surface area contributed by atoms with Crippen LogP contribution in [0, 0.1) is 5.92 Å². The molecule has 1 rings (SSSR count). The summed E-state index contributed by atoms with van der Waals surface area (Å²) in [5.74, 6) is 0.899. The quantitative estimate of drug-likeness (QED) is 0.517. The van der Waals surface area contributed by atoms with Crippen molar-refractivity contribution in [1.82, 2.24) is 4.84 Å². The van der Waals surface area contributed by atoms with Gasteiger partial charge in [0, 0.05) is 6.04 Å². The largest absolute Gasteiger partial charge is 0.230 e. The third-order valence-corrected chi connectivity index (χ3v) is 1.84. The van der Waals surface area contributed by atoms with Crippen LogP contribution >= 0.6 is 11.8 Å². The topological polar surface area (TPSA) is 12.0 Å². The molecule has 7 heavy (non-hydrogen) atoms. The fraction of sp³-hybridized carbons (Fsp3) is 1.00. The van der Waals surface area contributed by atoms with Gasteiger partial charge >= 0.3 is 0 Å². The van der Waals surface area contributed by atoms with Crippen LogP contribution in [-0.4, -0.2) is 6.04 Å². The third kappa shape index (κ3) is 1.07. The molecule has 0 radical (unpaired) electrons. The number of hydrogen-bond donors (Lipinski definition) is 1. The first kappa shape index (κ1) is 5.39. The van der Waals surface area contributed by atoms with Gasteiger partial charge in [-0.05, 0) is 30.5 Å². The van der Waals surface area contributed by atoms with Crippen LogP contribution in [0.1, 0.15) is 19.8 Å². The van der Waals surface area contributed by atoms with Crippen molar-refractivity contribution in [3.8, 4) is 0 Å². The van der Waals surface area contributed by atoms with E-state index >= 15 is 0 Å². The number of hydrogen-bond acceptors (Lipinski definition) is 1. The first-order valence-corrected chi connectivity index (χ1v) is 3.07. The van der Waals surface area contributed by atoms with Gasteiger partial charge in [-0.3, -0.25) is 0 Å². The predicted molar refractivity (Wildman–Crippen MR) is 31.2 cm³/mol. The van der Waals surface area contributed by atoms with E-state index in [1.807, 2.05) is 0 Å². The van der Waals surface area contributed by atoms with Gasteiger partial charge in [0.25, 0.3) is 0 Å². The maximum absolute atomic E-state index is 5.32. The molecule has 0 bridgehead atoms. The molecular weight excluding hydrogens is 110 g/mol. The van der Waals surface area contributed by atoms with Crippen molar-refractivity contribution in [3.63, 3.8) is 0 Å². The fourth-order valence-electron chi connectivity index (χ4n) is 0.991. The molecule has 0 aliphatic heterocycles. The van der Waals surface area contributed by atoms with Crippen LogP contribution in [0.3, 0.4) is 0 Å². The molecule has 0 atom stereocenters. The molecule has 1 nitrogen and oxygen atoms in total. The Hall–Kier alpha value is 0.250. The van der Waals surface area contributed by atoms with Gasteiger partial charge in [0.1, 0.15) is 0 Å². The van der Waals surface area contributed by atoms with E-state index in [1.54, 1.807) is 0 Å². The van der Waals surface area contributed by atoms with E-state index < -0.39 is 0 Å². The van der Waals surface area contributed by atoms with Gasteiger partial charge < -0.3 is 0 Å². The molecule has 0 aromatic rings. The summed E-state index contributed by atoms with van der Waals surface area (Å²) >= 11 is 5.32. The maximum Gasteiger partial charge on any atom is 0.0226 e. The molecule has 1 aliphatic rings. The van der Waals surface area contributed by atoms with Gasteiger partial charge in [0.15, 0.2) is 0 Å². The van der Waals surface area contributed by atoms with Crippen LogP contribution in [0.4, 0.5) is 0 Å². The van der Waals surface area contributed by atoms with E-state index in [2.05, 4.69) is 11.8 Å². The minimum Gasteiger partial charge on any atom is -0.230 e. The molecule has 2 heteroatoms. The van der Waals surface area contributed by atoms with Crippen molar-refractivity contribution in [2.24, 2.45) is 5.92 Å². The third-order valence-electron chi connectivity index (χ3n) is 1.53. The van der Waals surface area contributed by atoms with E-state index in [4.69, 9.17) is 11.8 Å². The maximum atomic E-state index is 5.32. The highest BCUT2D eigenvalue weighted by Gasteiger charge is 2.23. The highest BCUT2D eigenvalue weighted by atomic mass is 35.5. The van der Waals surface area contributed by atoms with E-state index in [0.717, 1.165) is 5.92 Å². The number of rotatable bonds is 1. The summed E-state index contributed by atoms with van der Waals surface area (Å²) in [5.41, 5.74) is 0. The molecule has 1 N–H and O–H groups in total. The average Bonchev–Trinajstić information content (AvgIpc) is 1.58. The Bertz CT molecular complexity index is 59.1. The Morgan fingerprint density at radius 1 is 1.57 bits per heavy atom. The zero-order valence-electron chi connectivity index (χ0n) is 4.45. The van der Waals surface area contributed by atoms with Gasteiger partial charge in [-0.25, -0.2) is 4.84 Å². The van der Waals surface area contributed by atoms with Crippen LogP contribution in [0.5, 0.6) is 0 Å². The van der Waals surface area contributed by atoms with Crippen LogP contribution < -0.4 is 4.84 Å². The number of nitrogens with one attached hydrogen (secondary N) is 1. The monoisotopic (exact) mass is 119 g/mol.